The Morgan fingerprint density at radius 1 is 1.17 bits per heavy atom. The smallest absolute Gasteiger partial charge is 0.341 e. The highest BCUT2D eigenvalue weighted by atomic mass is 16.5. The first-order valence-corrected chi connectivity index (χ1v) is 9.89. The number of aromatic carboxylic acids is 1. The molecule has 3 fully saturated rings. The number of carboxylic acid groups (broad SMARTS) is 1. The van der Waals surface area contributed by atoms with Gasteiger partial charge in [-0.2, -0.15) is 0 Å². The predicted molar refractivity (Wildman–Crippen MR) is 103 cm³/mol. The molecule has 2 aliphatic heterocycles. The number of fused-ring (bicyclic) bond motifs is 3. The van der Waals surface area contributed by atoms with Gasteiger partial charge in [-0.15, -0.1) is 0 Å². The average Bonchev–Trinajstić information content (AvgIpc) is 3.15. The highest BCUT2D eigenvalue weighted by Gasteiger charge is 2.50. The van der Waals surface area contributed by atoms with E-state index in [-0.39, 0.29) is 28.3 Å². The SMILES string of the molecule is COC(=O)CCC12CCC(c3ccc(-c4onc(C)c4C(=O)O)cc3)(CC1)OC2. The van der Waals surface area contributed by atoms with Crippen LogP contribution in [0.25, 0.3) is 11.3 Å². The number of benzene rings is 1. The van der Waals surface area contributed by atoms with E-state index in [2.05, 4.69) is 5.16 Å². The highest BCUT2D eigenvalue weighted by molar-refractivity contribution is 5.95. The first-order valence-electron chi connectivity index (χ1n) is 9.89. The van der Waals surface area contributed by atoms with Gasteiger partial charge in [0.15, 0.2) is 5.76 Å². The number of carboxylic acids is 1. The Morgan fingerprint density at radius 2 is 1.86 bits per heavy atom. The number of rotatable bonds is 6. The Bertz CT molecular complexity index is 905. The number of aryl methyl sites for hydroxylation is 1. The molecule has 1 aromatic heterocycles. The molecule has 0 amide bonds. The molecular weight excluding hydrogens is 374 g/mol. The maximum atomic E-state index is 11.5. The van der Waals surface area contributed by atoms with Crippen molar-refractivity contribution in [3.05, 3.63) is 41.1 Å². The first-order chi connectivity index (χ1) is 13.9. The summed E-state index contributed by atoms with van der Waals surface area (Å²) in [6, 6.07) is 7.72. The van der Waals surface area contributed by atoms with E-state index in [1.807, 2.05) is 24.3 Å². The third-order valence-corrected chi connectivity index (χ3v) is 6.61. The quantitative estimate of drug-likeness (QED) is 0.731. The van der Waals surface area contributed by atoms with Crippen LogP contribution in [-0.2, 0) is 19.9 Å². The summed E-state index contributed by atoms with van der Waals surface area (Å²) >= 11 is 0. The van der Waals surface area contributed by atoms with Gasteiger partial charge in [0, 0.05) is 12.0 Å². The molecule has 29 heavy (non-hydrogen) atoms. The van der Waals surface area contributed by atoms with Crippen molar-refractivity contribution >= 4 is 11.9 Å². The number of nitrogens with zero attached hydrogens (tertiary/aromatic N) is 1. The average molecular weight is 399 g/mol. The zero-order valence-corrected chi connectivity index (χ0v) is 16.7. The van der Waals surface area contributed by atoms with Crippen molar-refractivity contribution in [2.45, 2.75) is 51.0 Å². The molecule has 3 heterocycles. The largest absolute Gasteiger partial charge is 0.477 e. The monoisotopic (exact) mass is 399 g/mol. The Hall–Kier alpha value is -2.67. The number of esters is 1. The van der Waals surface area contributed by atoms with Gasteiger partial charge in [0.2, 0.25) is 0 Å². The summed E-state index contributed by atoms with van der Waals surface area (Å²) in [5, 5.41) is 13.2. The summed E-state index contributed by atoms with van der Waals surface area (Å²) in [6.07, 6.45) is 5.11. The molecule has 0 unspecified atom stereocenters. The van der Waals surface area contributed by atoms with Crippen molar-refractivity contribution in [2.24, 2.45) is 5.41 Å². The van der Waals surface area contributed by atoms with Gasteiger partial charge in [-0.25, -0.2) is 4.79 Å². The lowest BCUT2D eigenvalue weighted by Gasteiger charge is -2.53. The van der Waals surface area contributed by atoms with Crippen molar-refractivity contribution in [1.29, 1.82) is 0 Å². The zero-order valence-electron chi connectivity index (χ0n) is 16.7. The lowest BCUT2D eigenvalue weighted by Crippen LogP contribution is -2.49. The van der Waals surface area contributed by atoms with Crippen LogP contribution in [0.3, 0.4) is 0 Å². The molecule has 1 aliphatic carbocycles. The maximum Gasteiger partial charge on any atom is 0.341 e. The van der Waals surface area contributed by atoms with Crippen LogP contribution in [0.1, 0.15) is 60.1 Å². The van der Waals surface area contributed by atoms with Crippen LogP contribution in [0.15, 0.2) is 28.8 Å². The molecule has 1 aromatic carbocycles. The van der Waals surface area contributed by atoms with Gasteiger partial charge in [0.25, 0.3) is 0 Å². The summed E-state index contributed by atoms with van der Waals surface area (Å²) in [4.78, 5) is 23.0. The van der Waals surface area contributed by atoms with Crippen molar-refractivity contribution in [2.75, 3.05) is 13.7 Å². The van der Waals surface area contributed by atoms with Crippen molar-refractivity contribution in [1.82, 2.24) is 5.16 Å². The molecule has 0 spiro atoms. The van der Waals surface area contributed by atoms with Crippen LogP contribution in [0.4, 0.5) is 0 Å². The minimum atomic E-state index is -1.05. The molecule has 1 saturated carbocycles. The normalized spacial score (nSPS) is 25.7. The summed E-state index contributed by atoms with van der Waals surface area (Å²) < 4.78 is 16.4. The number of hydrogen-bond donors (Lipinski definition) is 1. The number of hydrogen-bond acceptors (Lipinski definition) is 6. The van der Waals surface area contributed by atoms with E-state index >= 15 is 0 Å². The van der Waals surface area contributed by atoms with E-state index in [9.17, 15) is 14.7 Å². The van der Waals surface area contributed by atoms with Crippen LogP contribution < -0.4 is 0 Å². The second kappa shape index (κ2) is 7.30. The second-order valence-corrected chi connectivity index (χ2v) is 8.21. The number of methoxy groups -OCH3 is 1. The fourth-order valence-corrected chi connectivity index (χ4v) is 4.67. The Morgan fingerprint density at radius 3 is 2.41 bits per heavy atom. The summed E-state index contributed by atoms with van der Waals surface area (Å²) in [6.45, 7) is 2.27. The number of carbonyl (C=O) groups excluding carboxylic acids is 1. The van der Waals surface area contributed by atoms with E-state index in [4.69, 9.17) is 14.0 Å². The van der Waals surface area contributed by atoms with Crippen LogP contribution in [-0.4, -0.2) is 35.9 Å². The Kier molecular flexibility index (Phi) is 4.94. The molecular formula is C22H25NO6. The number of aromatic nitrogens is 1. The molecule has 3 aliphatic rings. The van der Waals surface area contributed by atoms with Gasteiger partial charge in [-0.3, -0.25) is 4.79 Å². The van der Waals surface area contributed by atoms with Gasteiger partial charge < -0.3 is 19.1 Å². The summed E-state index contributed by atoms with van der Waals surface area (Å²) in [7, 11) is 1.42. The van der Waals surface area contributed by atoms with Crippen LogP contribution in [0.5, 0.6) is 0 Å². The van der Waals surface area contributed by atoms with E-state index in [0.717, 1.165) is 37.7 Å². The van der Waals surface area contributed by atoms with Gasteiger partial charge in [0.05, 0.1) is 25.0 Å². The van der Waals surface area contributed by atoms with Gasteiger partial charge in [-0.05, 0) is 50.0 Å². The molecule has 2 aromatic rings. The molecule has 5 rings (SSSR count). The summed E-state index contributed by atoms with van der Waals surface area (Å²) in [5.41, 5.74) is 2.00. The standard InChI is InChI=1S/C22H25NO6/c1-14-18(20(25)26)19(29-23-14)15-3-5-16(6-4-15)22-11-9-21(10-12-22,13-28-22)8-7-17(24)27-2/h3-6H,7-13H2,1-2H3,(H,25,26). The second-order valence-electron chi connectivity index (χ2n) is 8.21. The van der Waals surface area contributed by atoms with E-state index < -0.39 is 5.97 Å². The van der Waals surface area contributed by atoms with E-state index in [1.54, 1.807) is 6.92 Å². The Balaban J connectivity index is 1.50. The fourth-order valence-electron chi connectivity index (χ4n) is 4.67. The summed E-state index contributed by atoms with van der Waals surface area (Å²) in [5.74, 6) is -0.942. The predicted octanol–water partition coefficient (Wildman–Crippen LogP) is 4.09. The molecule has 1 N–H and O–H groups in total. The van der Waals surface area contributed by atoms with Crippen LogP contribution in [0, 0.1) is 12.3 Å². The van der Waals surface area contributed by atoms with Gasteiger partial charge >= 0.3 is 11.9 Å². The molecule has 2 saturated heterocycles. The molecule has 0 atom stereocenters. The van der Waals surface area contributed by atoms with Gasteiger partial charge in [-0.1, -0.05) is 29.4 Å². The fraction of sp³-hybridized carbons (Fsp3) is 0.500. The lowest BCUT2D eigenvalue weighted by atomic mass is 9.62. The first kappa shape index (κ1) is 19.6. The Labute approximate surface area is 169 Å². The van der Waals surface area contributed by atoms with Gasteiger partial charge in [0.1, 0.15) is 5.56 Å². The highest BCUT2D eigenvalue weighted by Crippen LogP contribution is 2.55. The van der Waals surface area contributed by atoms with Crippen molar-refractivity contribution in [3.63, 3.8) is 0 Å². The third kappa shape index (κ3) is 3.44. The molecule has 0 radical (unpaired) electrons. The van der Waals surface area contributed by atoms with Crippen molar-refractivity contribution in [3.8, 4) is 11.3 Å². The molecule has 154 valence electrons. The topological polar surface area (TPSA) is 98.9 Å². The van der Waals surface area contributed by atoms with Crippen molar-refractivity contribution < 1.29 is 28.7 Å². The van der Waals surface area contributed by atoms with E-state index in [0.29, 0.717) is 24.3 Å². The molecule has 7 heteroatoms. The molecule has 2 bridgehead atoms. The lowest BCUT2D eigenvalue weighted by molar-refractivity contribution is -0.192. The van der Waals surface area contributed by atoms with Crippen LogP contribution >= 0.6 is 0 Å². The third-order valence-electron chi connectivity index (χ3n) is 6.61. The molecule has 7 nitrogen and oxygen atoms in total. The van der Waals surface area contributed by atoms with Crippen LogP contribution in [0.2, 0.25) is 0 Å². The zero-order chi connectivity index (χ0) is 20.6. The maximum absolute atomic E-state index is 11.5. The minimum Gasteiger partial charge on any atom is -0.477 e. The number of carbonyl (C=O) groups is 2. The van der Waals surface area contributed by atoms with E-state index in [1.165, 1.54) is 7.11 Å². The minimum absolute atomic E-state index is 0.0731. The number of ether oxygens (including phenoxy) is 2.